The monoisotopic (exact) mass is 277 g/mol. The summed E-state index contributed by atoms with van der Waals surface area (Å²) in [4.78, 5) is 14.9. The Balaban J connectivity index is 2.08. The fraction of sp³-hybridized carbons (Fsp3) is 0.562. The quantitative estimate of drug-likeness (QED) is 0.788. The first-order valence-corrected chi connectivity index (χ1v) is 8.25. The van der Waals surface area contributed by atoms with E-state index in [0.717, 1.165) is 30.0 Å². The van der Waals surface area contributed by atoms with Gasteiger partial charge < -0.3 is 0 Å². The fourth-order valence-corrected chi connectivity index (χ4v) is 3.65. The maximum absolute atomic E-state index is 12.5. The van der Waals surface area contributed by atoms with Crippen LogP contribution in [0.3, 0.4) is 0 Å². The molecule has 0 amide bonds. The summed E-state index contributed by atoms with van der Waals surface area (Å²) < 4.78 is 0. The lowest BCUT2D eigenvalue weighted by molar-refractivity contribution is 0.0799. The van der Waals surface area contributed by atoms with Crippen LogP contribution in [-0.2, 0) is 6.42 Å². The van der Waals surface area contributed by atoms with E-state index >= 15 is 0 Å². The molecule has 2 atom stereocenters. The molecule has 19 heavy (non-hydrogen) atoms. The average molecular weight is 277 g/mol. The first kappa shape index (κ1) is 14.6. The molecule has 0 radical (unpaired) electrons. The third-order valence-corrected chi connectivity index (χ3v) is 5.13. The number of rotatable bonds is 4. The summed E-state index contributed by atoms with van der Waals surface area (Å²) in [5.74, 6) is 2.52. The maximum atomic E-state index is 12.5. The topological polar surface area (TPSA) is 20.3 Å². The Morgan fingerprint density at radius 3 is 2.68 bits per heavy atom. The minimum Gasteiger partial charge on any atom is -0.292 e. The van der Waals surface area contributed by atoms with Gasteiger partial charge in [0, 0.05) is 29.7 Å². The van der Waals surface area contributed by atoms with Gasteiger partial charge in [-0.25, -0.2) is 0 Å². The van der Waals surface area contributed by atoms with Gasteiger partial charge in [-0.3, -0.25) is 9.69 Å². The lowest BCUT2D eigenvalue weighted by atomic mass is 10.0. The first-order valence-electron chi connectivity index (χ1n) is 7.10. The molecule has 0 spiro atoms. The van der Waals surface area contributed by atoms with Crippen molar-refractivity contribution in [1.82, 2.24) is 4.90 Å². The molecule has 1 aromatic rings. The molecule has 0 aliphatic carbocycles. The number of hydrogen-bond acceptors (Lipinski definition) is 3. The summed E-state index contributed by atoms with van der Waals surface area (Å²) in [6.07, 6.45) is 1.02. The number of ketones is 1. The minimum atomic E-state index is -0.0108. The second-order valence-electron chi connectivity index (χ2n) is 5.25. The zero-order chi connectivity index (χ0) is 13.8. The Labute approximate surface area is 120 Å². The van der Waals surface area contributed by atoms with Crippen LogP contribution in [0.15, 0.2) is 24.3 Å². The molecule has 0 saturated carbocycles. The minimum absolute atomic E-state index is 0.0108. The molecule has 1 aliphatic heterocycles. The van der Waals surface area contributed by atoms with E-state index in [4.69, 9.17) is 0 Å². The van der Waals surface area contributed by atoms with Crippen molar-refractivity contribution in [2.75, 3.05) is 18.1 Å². The van der Waals surface area contributed by atoms with Gasteiger partial charge in [-0.05, 0) is 25.8 Å². The van der Waals surface area contributed by atoms with Crippen molar-refractivity contribution in [3.8, 4) is 0 Å². The number of thioether (sulfide) groups is 1. The van der Waals surface area contributed by atoms with Gasteiger partial charge in [0.25, 0.3) is 0 Å². The lowest BCUT2D eigenvalue weighted by Gasteiger charge is -2.36. The van der Waals surface area contributed by atoms with Gasteiger partial charge in [0.2, 0.25) is 0 Å². The Morgan fingerprint density at radius 1 is 1.42 bits per heavy atom. The number of nitrogens with zero attached hydrogens (tertiary/aromatic N) is 1. The molecule has 1 fully saturated rings. The summed E-state index contributed by atoms with van der Waals surface area (Å²) in [6, 6.07) is 8.56. The van der Waals surface area contributed by atoms with Gasteiger partial charge >= 0.3 is 0 Å². The van der Waals surface area contributed by atoms with E-state index < -0.39 is 0 Å². The van der Waals surface area contributed by atoms with Gasteiger partial charge in [0.1, 0.15) is 0 Å². The van der Waals surface area contributed by atoms with Crippen molar-refractivity contribution in [3.63, 3.8) is 0 Å². The SMILES string of the molecule is CCc1ccc(C(=O)C(C)N2CCSCC2C)cc1. The number of hydrogen-bond donors (Lipinski definition) is 0. The molecule has 2 nitrogen and oxygen atoms in total. The first-order chi connectivity index (χ1) is 9.13. The number of carbonyl (C=O) groups excluding carboxylic acids is 1. The van der Waals surface area contributed by atoms with Crippen molar-refractivity contribution in [1.29, 1.82) is 0 Å². The highest BCUT2D eigenvalue weighted by Gasteiger charge is 2.28. The average Bonchev–Trinajstić information content (AvgIpc) is 2.46. The Kier molecular flexibility index (Phi) is 5.06. The summed E-state index contributed by atoms with van der Waals surface area (Å²) >= 11 is 1.98. The van der Waals surface area contributed by atoms with Crippen molar-refractivity contribution >= 4 is 17.5 Å². The smallest absolute Gasteiger partial charge is 0.179 e. The van der Waals surface area contributed by atoms with Crippen molar-refractivity contribution in [2.45, 2.75) is 39.3 Å². The van der Waals surface area contributed by atoms with E-state index in [9.17, 15) is 4.79 Å². The van der Waals surface area contributed by atoms with Crippen LogP contribution in [0, 0.1) is 0 Å². The predicted octanol–water partition coefficient (Wildman–Crippen LogP) is 3.26. The highest BCUT2D eigenvalue weighted by Crippen LogP contribution is 2.20. The molecule has 104 valence electrons. The largest absolute Gasteiger partial charge is 0.292 e. The molecule has 0 bridgehead atoms. The third kappa shape index (κ3) is 3.40. The predicted molar refractivity (Wildman–Crippen MR) is 83.1 cm³/mol. The van der Waals surface area contributed by atoms with E-state index in [1.54, 1.807) is 0 Å². The van der Waals surface area contributed by atoms with Crippen molar-refractivity contribution < 1.29 is 4.79 Å². The second kappa shape index (κ2) is 6.58. The summed E-state index contributed by atoms with van der Waals surface area (Å²) in [5.41, 5.74) is 2.13. The molecule has 1 heterocycles. The molecular weight excluding hydrogens is 254 g/mol. The fourth-order valence-electron chi connectivity index (χ4n) is 2.61. The van der Waals surface area contributed by atoms with Crippen LogP contribution >= 0.6 is 11.8 Å². The molecule has 2 unspecified atom stereocenters. The third-order valence-electron chi connectivity index (χ3n) is 3.94. The van der Waals surface area contributed by atoms with Crippen molar-refractivity contribution in [2.24, 2.45) is 0 Å². The van der Waals surface area contributed by atoms with Crippen LogP contribution in [0.1, 0.15) is 36.7 Å². The molecule has 1 aromatic carbocycles. The Morgan fingerprint density at radius 2 is 2.11 bits per heavy atom. The number of carbonyl (C=O) groups is 1. The second-order valence-corrected chi connectivity index (χ2v) is 6.40. The lowest BCUT2D eigenvalue weighted by Crippen LogP contribution is -2.49. The van der Waals surface area contributed by atoms with E-state index in [0.29, 0.717) is 6.04 Å². The van der Waals surface area contributed by atoms with Gasteiger partial charge in [-0.1, -0.05) is 31.2 Å². The van der Waals surface area contributed by atoms with Gasteiger partial charge in [0.05, 0.1) is 6.04 Å². The number of Topliss-reactive ketones (excluding diaryl/α,β-unsaturated/α-hetero) is 1. The van der Waals surface area contributed by atoms with Crippen LogP contribution in [0.4, 0.5) is 0 Å². The molecular formula is C16H23NOS. The molecule has 1 saturated heterocycles. The molecule has 0 N–H and O–H groups in total. The maximum Gasteiger partial charge on any atom is 0.179 e. The number of benzene rings is 1. The van der Waals surface area contributed by atoms with Crippen LogP contribution in [0.25, 0.3) is 0 Å². The van der Waals surface area contributed by atoms with Gasteiger partial charge in [-0.2, -0.15) is 11.8 Å². The van der Waals surface area contributed by atoms with E-state index in [1.807, 2.05) is 30.8 Å². The Bertz CT molecular complexity index is 429. The van der Waals surface area contributed by atoms with Gasteiger partial charge in [-0.15, -0.1) is 0 Å². The zero-order valence-electron chi connectivity index (χ0n) is 12.1. The Hall–Kier alpha value is -0.800. The number of aryl methyl sites for hydroxylation is 1. The van der Waals surface area contributed by atoms with Gasteiger partial charge in [0.15, 0.2) is 5.78 Å². The van der Waals surface area contributed by atoms with Crippen LogP contribution < -0.4 is 0 Å². The molecule has 2 rings (SSSR count). The summed E-state index contributed by atoms with van der Waals surface area (Å²) in [5, 5.41) is 0. The molecule has 3 heteroatoms. The highest BCUT2D eigenvalue weighted by atomic mass is 32.2. The van der Waals surface area contributed by atoms with Crippen LogP contribution in [0.2, 0.25) is 0 Å². The van der Waals surface area contributed by atoms with E-state index in [-0.39, 0.29) is 11.8 Å². The summed E-state index contributed by atoms with van der Waals surface area (Å²) in [6.45, 7) is 7.41. The molecule has 0 aromatic heterocycles. The summed E-state index contributed by atoms with van der Waals surface area (Å²) in [7, 11) is 0. The van der Waals surface area contributed by atoms with Crippen molar-refractivity contribution in [3.05, 3.63) is 35.4 Å². The molecule has 1 aliphatic rings. The normalized spacial score (nSPS) is 22.2. The van der Waals surface area contributed by atoms with Crippen LogP contribution in [0.5, 0.6) is 0 Å². The zero-order valence-corrected chi connectivity index (χ0v) is 12.9. The standard InChI is InChI=1S/C16H23NOS/c1-4-14-5-7-15(8-6-14)16(18)13(3)17-9-10-19-11-12(17)2/h5-8,12-13H,4,9-11H2,1-3H3. The van der Waals surface area contributed by atoms with Crippen LogP contribution in [-0.4, -0.2) is 40.8 Å². The highest BCUT2D eigenvalue weighted by molar-refractivity contribution is 7.99. The van der Waals surface area contributed by atoms with E-state index in [2.05, 4.69) is 30.9 Å². The van der Waals surface area contributed by atoms with E-state index in [1.165, 1.54) is 5.56 Å².